The summed E-state index contributed by atoms with van der Waals surface area (Å²) in [6.07, 6.45) is 12.9. The highest BCUT2D eigenvalue weighted by Gasteiger charge is 2.76. The number of aliphatic hydroxyl groups is 5. The average molecular weight is 1020 g/mol. The van der Waals surface area contributed by atoms with E-state index in [9.17, 15) is 38.5 Å². The van der Waals surface area contributed by atoms with Crippen LogP contribution in [0, 0.1) is 79.8 Å². The predicted octanol–water partition coefficient (Wildman–Crippen LogP) is 8.17. The standard InChI is InChI=1S/C58H88O13S/c1-31(35-15-16-42-52(35,10)22-19-43-55-28-45(60)57(62,68-30-55)48(3,4)41(55)20-23-56(42,43)61)12-17-46-53(11)26-33(50(7,8)71-53)24-39(69-46)32(2)36-13-14-37-34-25-40(70-72(64,65)66)47-49(5,6)58(63)44(59)27-54(47,29-67-58)38(34)18-21-51(36,37)9/h19-20,31-33,35-37,39-40,42,44-47,59-63H,12-18,21-30H2,1-11H3,(H,64,65,66)/p-1/t31-,32+,33-,35-,36-,37+,39-,40+,42-,44+,45+,46+,47+,51-,52-,53-,54+,55-,56+,57+,58+/m1/s1. The van der Waals surface area contributed by atoms with Crippen molar-refractivity contribution in [1.82, 2.24) is 0 Å². The van der Waals surface area contributed by atoms with Crippen molar-refractivity contribution in [3.8, 4) is 0 Å². The Balaban J connectivity index is 0.788. The monoisotopic (exact) mass is 1020 g/mol. The summed E-state index contributed by atoms with van der Waals surface area (Å²) in [4.78, 5) is 0. The molecular formula is C58H87O13S-. The van der Waals surface area contributed by atoms with Crippen molar-refractivity contribution in [3.05, 3.63) is 34.4 Å². The summed E-state index contributed by atoms with van der Waals surface area (Å²) in [5.74, 6) is -2.17. The molecule has 6 saturated heterocycles. The summed E-state index contributed by atoms with van der Waals surface area (Å²) in [6.45, 7) is 24.5. The summed E-state index contributed by atoms with van der Waals surface area (Å²) in [7, 11) is -5.08. The molecule has 21 atom stereocenters. The summed E-state index contributed by atoms with van der Waals surface area (Å²) in [5, 5.41) is 59.3. The molecule has 72 heavy (non-hydrogen) atoms. The van der Waals surface area contributed by atoms with Crippen molar-refractivity contribution in [1.29, 1.82) is 0 Å². The Kier molecular flexibility index (Phi) is 11.1. The zero-order valence-corrected chi connectivity index (χ0v) is 45.9. The van der Waals surface area contributed by atoms with Crippen LogP contribution in [0.1, 0.15) is 172 Å². The first kappa shape index (κ1) is 51.5. The molecule has 13 nitrogen and oxygen atoms in total. The van der Waals surface area contributed by atoms with Gasteiger partial charge in [0.15, 0.2) is 5.79 Å². The molecule has 10 fully saturated rings. The van der Waals surface area contributed by atoms with Gasteiger partial charge in [0.25, 0.3) is 0 Å². The third-order valence-corrected chi connectivity index (χ3v) is 25.5. The molecule has 404 valence electrons. The lowest BCUT2D eigenvalue weighted by Crippen LogP contribution is -2.76. The van der Waals surface area contributed by atoms with E-state index in [1.807, 2.05) is 27.7 Å². The molecule has 0 amide bonds. The van der Waals surface area contributed by atoms with Gasteiger partial charge in [-0.1, -0.05) is 84.3 Å². The van der Waals surface area contributed by atoms with Crippen LogP contribution >= 0.6 is 0 Å². The van der Waals surface area contributed by atoms with Gasteiger partial charge in [-0.25, -0.2) is 8.42 Å². The minimum absolute atomic E-state index is 0.0159. The number of rotatable bonds is 8. The van der Waals surface area contributed by atoms with Crippen LogP contribution < -0.4 is 0 Å². The maximum absolute atomic E-state index is 13.1. The zero-order valence-electron chi connectivity index (χ0n) is 45.1. The molecule has 6 bridgehead atoms. The Hall–Kier alpha value is -1.27. The highest BCUT2D eigenvalue weighted by Crippen LogP contribution is 2.74. The SMILES string of the molecule is C[C@@H]([C@H]1CC[C@H]2C3=C(CC[C@]12C)[C@@]12CO[C@@](O)([C@@H](O)C1)C(C)(C)[C@@H]2[C@@H](OS(=O)(=O)[O-])C3)[C@H]1C[C@@H]2C[C@@](C)(OC2(C)C)[C@H](CC[C@@H](C)[C@H]2CC[C@@H]3[C@]2(C)CC=C2[C@@]45CO[C@@](O)([C@@H](O)C4)C(C)(C)C5=CC[C@@]23O)O1. The first-order valence-corrected chi connectivity index (χ1v) is 29.6. The van der Waals surface area contributed by atoms with Gasteiger partial charge in [-0.2, -0.15) is 0 Å². The molecule has 0 unspecified atom stereocenters. The summed E-state index contributed by atoms with van der Waals surface area (Å²) >= 11 is 0. The number of hydrogen-bond donors (Lipinski definition) is 5. The van der Waals surface area contributed by atoms with Crippen LogP contribution in [0.4, 0.5) is 0 Å². The number of aliphatic hydroxyl groups excluding tert-OH is 2. The third-order valence-electron chi connectivity index (χ3n) is 25.0. The van der Waals surface area contributed by atoms with Crippen molar-refractivity contribution < 1.29 is 61.6 Å². The Labute approximate surface area is 429 Å². The Morgan fingerprint density at radius 3 is 2.19 bits per heavy atom. The van der Waals surface area contributed by atoms with E-state index in [1.54, 1.807) is 0 Å². The second kappa shape index (κ2) is 15.5. The maximum Gasteiger partial charge on any atom is 0.217 e. The quantitative estimate of drug-likeness (QED) is 0.0886. The molecule has 6 aliphatic heterocycles. The van der Waals surface area contributed by atoms with Crippen molar-refractivity contribution in [2.24, 2.45) is 79.8 Å². The molecular weight excluding hydrogens is 937 g/mol. The molecule has 14 aliphatic rings. The van der Waals surface area contributed by atoms with Crippen LogP contribution in [0.3, 0.4) is 0 Å². The van der Waals surface area contributed by atoms with Crippen molar-refractivity contribution >= 4 is 10.4 Å². The van der Waals surface area contributed by atoms with E-state index in [2.05, 4.69) is 60.6 Å². The van der Waals surface area contributed by atoms with Gasteiger partial charge in [-0.15, -0.1) is 0 Å². The number of allylic oxidation sites excluding steroid dienone is 1. The lowest BCUT2D eigenvalue weighted by atomic mass is 9.42. The molecule has 5 N–H and O–H groups in total. The van der Waals surface area contributed by atoms with Crippen LogP contribution in [-0.2, 0) is 33.5 Å². The molecule has 6 heterocycles. The van der Waals surface area contributed by atoms with Gasteiger partial charge in [0.1, 0.15) is 12.2 Å². The Bertz CT molecular complexity index is 2500. The second-order valence-corrected chi connectivity index (χ2v) is 30.0. The first-order chi connectivity index (χ1) is 33.3. The van der Waals surface area contributed by atoms with Crippen LogP contribution in [-0.4, -0.2) is 111 Å². The second-order valence-electron chi connectivity index (χ2n) is 29.0. The zero-order chi connectivity index (χ0) is 51.8. The lowest BCUT2D eigenvalue weighted by Gasteiger charge is -2.70. The fourth-order valence-electron chi connectivity index (χ4n) is 21.7. The smallest absolute Gasteiger partial charge is 0.217 e. The molecule has 8 aliphatic carbocycles. The highest BCUT2D eigenvalue weighted by molar-refractivity contribution is 7.80. The van der Waals surface area contributed by atoms with Crippen LogP contribution in [0.15, 0.2) is 34.4 Å². The molecule has 0 aromatic rings. The Morgan fingerprint density at radius 2 is 1.50 bits per heavy atom. The van der Waals surface area contributed by atoms with Crippen molar-refractivity contribution in [3.63, 3.8) is 0 Å². The first-order valence-electron chi connectivity index (χ1n) is 28.2. The molecule has 2 spiro atoms. The summed E-state index contributed by atoms with van der Waals surface area (Å²) < 4.78 is 70.0. The van der Waals surface area contributed by atoms with E-state index in [4.69, 9.17) is 23.1 Å². The number of fused-ring (bicyclic) bond motifs is 11. The highest BCUT2D eigenvalue weighted by atomic mass is 32.3. The minimum Gasteiger partial charge on any atom is -0.726 e. The van der Waals surface area contributed by atoms with Crippen molar-refractivity contribution in [2.45, 2.75) is 231 Å². The summed E-state index contributed by atoms with van der Waals surface area (Å²) in [6, 6.07) is 0. The van der Waals surface area contributed by atoms with Gasteiger partial charge >= 0.3 is 0 Å². The molecule has 0 aromatic heterocycles. The van der Waals surface area contributed by atoms with Gasteiger partial charge in [0.2, 0.25) is 16.2 Å². The number of hydrogen-bond acceptors (Lipinski definition) is 13. The van der Waals surface area contributed by atoms with E-state index >= 15 is 0 Å². The van der Waals surface area contributed by atoms with E-state index < -0.39 is 79.1 Å². The fraction of sp³-hybridized carbons (Fsp3) is 0.897. The van der Waals surface area contributed by atoms with Crippen molar-refractivity contribution in [2.75, 3.05) is 13.2 Å². The largest absolute Gasteiger partial charge is 0.726 e. The summed E-state index contributed by atoms with van der Waals surface area (Å²) in [5.41, 5.74) is -0.730. The van der Waals surface area contributed by atoms with E-state index in [1.165, 1.54) is 11.1 Å². The Morgan fingerprint density at radius 1 is 0.819 bits per heavy atom. The molecule has 0 aromatic carbocycles. The number of ether oxygens (including phenoxy) is 4. The topological polar surface area (TPSA) is 204 Å². The van der Waals surface area contributed by atoms with Crippen LogP contribution in [0.2, 0.25) is 0 Å². The van der Waals surface area contributed by atoms with Gasteiger partial charge in [-0.3, -0.25) is 4.18 Å². The molecule has 14 rings (SSSR count). The maximum atomic E-state index is 13.1. The van der Waals surface area contributed by atoms with E-state index in [-0.39, 0.29) is 66.0 Å². The van der Waals surface area contributed by atoms with Gasteiger partial charge in [0.05, 0.1) is 48.3 Å². The third kappa shape index (κ3) is 6.41. The minimum atomic E-state index is -5.08. The average Bonchev–Trinajstić information content (AvgIpc) is 3.86. The van der Waals surface area contributed by atoms with Gasteiger partial charge in [0, 0.05) is 27.6 Å². The van der Waals surface area contributed by atoms with Crippen LogP contribution in [0.5, 0.6) is 0 Å². The van der Waals surface area contributed by atoms with E-state index in [0.29, 0.717) is 42.9 Å². The molecule has 14 heteroatoms. The normalized spacial score (nSPS) is 54.0. The van der Waals surface area contributed by atoms with Gasteiger partial charge < -0.3 is 49.0 Å². The lowest BCUT2D eigenvalue weighted by molar-refractivity contribution is -0.408. The predicted molar refractivity (Wildman–Crippen MR) is 266 cm³/mol. The van der Waals surface area contributed by atoms with Crippen LogP contribution in [0.25, 0.3) is 0 Å². The van der Waals surface area contributed by atoms with Gasteiger partial charge in [-0.05, 0) is 175 Å². The van der Waals surface area contributed by atoms with E-state index in [0.717, 1.165) is 81.8 Å². The molecule has 4 saturated carbocycles. The fourth-order valence-corrected chi connectivity index (χ4v) is 22.2. The molecule has 0 radical (unpaired) electrons.